The summed E-state index contributed by atoms with van der Waals surface area (Å²) in [6.45, 7) is 2.76. The number of rotatable bonds is 8. The molecule has 0 saturated heterocycles. The van der Waals surface area contributed by atoms with Crippen molar-refractivity contribution in [3.8, 4) is 11.5 Å². The monoisotopic (exact) mass is 442 g/mol. The Labute approximate surface area is 185 Å². The normalized spacial score (nSPS) is 10.8. The second-order valence-corrected chi connectivity index (χ2v) is 7.06. The standard InChI is InChI=1S/C23H20Cl2N2O3/c1-2-29-22-6-4-3-5-17(22)14-26-27-23(28)16-8-11-20(12-9-16)30-15-18-7-10-19(24)13-21(18)25/h3-14H,2,15H2,1H3,(H,27,28)/b26-14-. The predicted molar refractivity (Wildman–Crippen MR) is 120 cm³/mol. The summed E-state index contributed by atoms with van der Waals surface area (Å²) < 4.78 is 11.2. The third kappa shape index (κ3) is 5.99. The fraction of sp³-hybridized carbons (Fsp3) is 0.130. The van der Waals surface area contributed by atoms with Gasteiger partial charge in [0.2, 0.25) is 0 Å². The van der Waals surface area contributed by atoms with E-state index in [1.54, 1.807) is 42.6 Å². The van der Waals surface area contributed by atoms with Crippen LogP contribution in [0.2, 0.25) is 10.0 Å². The van der Waals surface area contributed by atoms with Gasteiger partial charge in [0.1, 0.15) is 18.1 Å². The first kappa shape index (κ1) is 21.7. The molecule has 3 aromatic rings. The first-order valence-electron chi connectivity index (χ1n) is 9.29. The smallest absolute Gasteiger partial charge is 0.271 e. The van der Waals surface area contributed by atoms with Gasteiger partial charge in [-0.05, 0) is 55.5 Å². The molecule has 0 aliphatic carbocycles. The molecule has 0 saturated carbocycles. The molecule has 0 atom stereocenters. The number of benzene rings is 3. The van der Waals surface area contributed by atoms with Crippen LogP contribution in [0.1, 0.15) is 28.4 Å². The van der Waals surface area contributed by atoms with E-state index in [0.29, 0.717) is 40.3 Å². The van der Waals surface area contributed by atoms with Crippen LogP contribution in [0.15, 0.2) is 71.8 Å². The van der Waals surface area contributed by atoms with E-state index in [1.807, 2.05) is 37.3 Å². The number of carbonyl (C=O) groups is 1. The third-order valence-electron chi connectivity index (χ3n) is 4.11. The van der Waals surface area contributed by atoms with Crippen molar-refractivity contribution in [2.24, 2.45) is 5.10 Å². The van der Waals surface area contributed by atoms with Gasteiger partial charge < -0.3 is 9.47 Å². The van der Waals surface area contributed by atoms with Crippen molar-refractivity contribution in [2.75, 3.05) is 6.61 Å². The molecular formula is C23H20Cl2N2O3. The van der Waals surface area contributed by atoms with E-state index in [0.717, 1.165) is 11.1 Å². The van der Waals surface area contributed by atoms with Gasteiger partial charge in [0.15, 0.2) is 0 Å². The topological polar surface area (TPSA) is 59.9 Å². The quantitative estimate of drug-likeness (QED) is 0.357. The lowest BCUT2D eigenvalue weighted by Crippen LogP contribution is -2.17. The van der Waals surface area contributed by atoms with Gasteiger partial charge in [-0.2, -0.15) is 5.10 Å². The van der Waals surface area contributed by atoms with Gasteiger partial charge >= 0.3 is 0 Å². The summed E-state index contributed by atoms with van der Waals surface area (Å²) in [5.74, 6) is 0.999. The highest BCUT2D eigenvalue weighted by molar-refractivity contribution is 6.35. The first-order valence-corrected chi connectivity index (χ1v) is 10.0. The average molecular weight is 443 g/mol. The van der Waals surface area contributed by atoms with Crippen LogP contribution in [0.3, 0.4) is 0 Å². The molecule has 1 amide bonds. The van der Waals surface area contributed by atoms with Crippen molar-refractivity contribution in [2.45, 2.75) is 13.5 Å². The van der Waals surface area contributed by atoms with Crippen molar-refractivity contribution in [3.05, 3.63) is 93.5 Å². The molecule has 0 aliphatic heterocycles. The van der Waals surface area contributed by atoms with E-state index in [2.05, 4.69) is 10.5 Å². The van der Waals surface area contributed by atoms with E-state index >= 15 is 0 Å². The number of halogens is 2. The maximum atomic E-state index is 12.3. The Kier molecular flexibility index (Phi) is 7.71. The lowest BCUT2D eigenvalue weighted by atomic mass is 10.2. The summed E-state index contributed by atoms with van der Waals surface area (Å²) in [5, 5.41) is 5.13. The summed E-state index contributed by atoms with van der Waals surface area (Å²) >= 11 is 12.0. The molecule has 1 N–H and O–H groups in total. The van der Waals surface area contributed by atoms with Crippen molar-refractivity contribution in [1.82, 2.24) is 5.43 Å². The fourth-order valence-corrected chi connectivity index (χ4v) is 3.06. The molecule has 0 aromatic heterocycles. The largest absolute Gasteiger partial charge is 0.493 e. The molecule has 5 nitrogen and oxygen atoms in total. The van der Waals surface area contributed by atoms with Gasteiger partial charge in [0.05, 0.1) is 12.8 Å². The maximum Gasteiger partial charge on any atom is 0.271 e. The minimum atomic E-state index is -0.326. The molecule has 0 radical (unpaired) electrons. The highest BCUT2D eigenvalue weighted by atomic mass is 35.5. The van der Waals surface area contributed by atoms with Crippen molar-refractivity contribution >= 4 is 35.3 Å². The molecule has 30 heavy (non-hydrogen) atoms. The van der Waals surface area contributed by atoms with Gasteiger partial charge in [-0.15, -0.1) is 0 Å². The zero-order valence-corrected chi connectivity index (χ0v) is 17.8. The Bertz CT molecular complexity index is 1040. The average Bonchev–Trinajstić information content (AvgIpc) is 2.75. The van der Waals surface area contributed by atoms with Gasteiger partial charge in [0.25, 0.3) is 5.91 Å². The van der Waals surface area contributed by atoms with Crippen LogP contribution in [-0.4, -0.2) is 18.7 Å². The second-order valence-electron chi connectivity index (χ2n) is 6.22. The van der Waals surface area contributed by atoms with Crippen LogP contribution in [0, 0.1) is 0 Å². The SMILES string of the molecule is CCOc1ccccc1/C=N\NC(=O)c1ccc(OCc2ccc(Cl)cc2Cl)cc1. The maximum absolute atomic E-state index is 12.3. The Balaban J connectivity index is 1.56. The summed E-state index contributed by atoms with van der Waals surface area (Å²) in [7, 11) is 0. The van der Waals surface area contributed by atoms with E-state index in [4.69, 9.17) is 32.7 Å². The molecule has 154 valence electrons. The number of amides is 1. The third-order valence-corrected chi connectivity index (χ3v) is 4.70. The number of hydrazone groups is 1. The van der Waals surface area contributed by atoms with Crippen molar-refractivity contribution in [1.29, 1.82) is 0 Å². The first-order chi connectivity index (χ1) is 14.6. The lowest BCUT2D eigenvalue weighted by Gasteiger charge is -2.09. The molecule has 3 aromatic carbocycles. The van der Waals surface area contributed by atoms with Gasteiger partial charge in [-0.25, -0.2) is 5.43 Å². The number of nitrogens with zero attached hydrogens (tertiary/aromatic N) is 1. The summed E-state index contributed by atoms with van der Waals surface area (Å²) in [5.41, 5.74) is 4.58. The lowest BCUT2D eigenvalue weighted by molar-refractivity contribution is 0.0955. The number of hydrogen-bond acceptors (Lipinski definition) is 4. The highest BCUT2D eigenvalue weighted by Crippen LogP contribution is 2.23. The highest BCUT2D eigenvalue weighted by Gasteiger charge is 2.06. The predicted octanol–water partition coefficient (Wildman–Crippen LogP) is 5.74. The number of hydrogen-bond donors (Lipinski definition) is 1. The molecule has 0 fully saturated rings. The minimum Gasteiger partial charge on any atom is -0.493 e. The molecule has 0 unspecified atom stereocenters. The molecule has 0 spiro atoms. The summed E-state index contributed by atoms with van der Waals surface area (Å²) in [6.07, 6.45) is 1.55. The zero-order chi connectivity index (χ0) is 21.3. The van der Waals surface area contributed by atoms with Crippen LogP contribution in [-0.2, 0) is 6.61 Å². The number of nitrogens with one attached hydrogen (secondary N) is 1. The molecule has 7 heteroatoms. The molecular weight excluding hydrogens is 423 g/mol. The van der Waals surface area contributed by atoms with E-state index < -0.39 is 0 Å². The minimum absolute atomic E-state index is 0.297. The van der Waals surface area contributed by atoms with Crippen LogP contribution < -0.4 is 14.9 Å². The van der Waals surface area contributed by atoms with Crippen LogP contribution in [0.5, 0.6) is 11.5 Å². The van der Waals surface area contributed by atoms with E-state index in [-0.39, 0.29) is 5.91 Å². The van der Waals surface area contributed by atoms with E-state index in [9.17, 15) is 4.79 Å². The molecule has 0 heterocycles. The van der Waals surface area contributed by atoms with Crippen LogP contribution >= 0.6 is 23.2 Å². The van der Waals surface area contributed by atoms with Crippen molar-refractivity contribution in [3.63, 3.8) is 0 Å². The number of ether oxygens (including phenoxy) is 2. The van der Waals surface area contributed by atoms with Crippen LogP contribution in [0.25, 0.3) is 0 Å². The van der Waals surface area contributed by atoms with Gasteiger partial charge in [0, 0.05) is 26.7 Å². The number of carbonyl (C=O) groups excluding carboxylic acids is 1. The zero-order valence-electron chi connectivity index (χ0n) is 16.3. The fourth-order valence-electron chi connectivity index (χ4n) is 2.60. The Hall–Kier alpha value is -3.02. The Morgan fingerprint density at radius 1 is 1.03 bits per heavy atom. The van der Waals surface area contributed by atoms with Gasteiger partial charge in [-0.3, -0.25) is 4.79 Å². The Morgan fingerprint density at radius 3 is 2.53 bits per heavy atom. The summed E-state index contributed by atoms with van der Waals surface area (Å²) in [4.78, 5) is 12.3. The van der Waals surface area contributed by atoms with E-state index in [1.165, 1.54) is 0 Å². The molecule has 0 bridgehead atoms. The molecule has 0 aliphatic rings. The summed E-state index contributed by atoms with van der Waals surface area (Å²) in [6, 6.07) is 19.5. The van der Waals surface area contributed by atoms with Crippen LogP contribution in [0.4, 0.5) is 0 Å². The molecule has 3 rings (SSSR count). The van der Waals surface area contributed by atoms with Gasteiger partial charge in [-0.1, -0.05) is 41.4 Å². The Morgan fingerprint density at radius 2 is 1.80 bits per heavy atom. The number of para-hydroxylation sites is 1. The van der Waals surface area contributed by atoms with Crippen molar-refractivity contribution < 1.29 is 14.3 Å². The second kappa shape index (κ2) is 10.7.